The lowest BCUT2D eigenvalue weighted by atomic mass is 9.82. The van der Waals surface area contributed by atoms with Gasteiger partial charge in [-0.3, -0.25) is 4.79 Å². The van der Waals surface area contributed by atoms with Crippen LogP contribution in [0.3, 0.4) is 0 Å². The van der Waals surface area contributed by atoms with Gasteiger partial charge in [-0.1, -0.05) is 33.3 Å². The topological polar surface area (TPSA) is 58.4 Å². The van der Waals surface area contributed by atoms with E-state index in [1.807, 2.05) is 18.2 Å². The summed E-state index contributed by atoms with van der Waals surface area (Å²) in [5.41, 5.74) is 1.76. The molecular formula is C21H30ClN3O2. The fourth-order valence-electron chi connectivity index (χ4n) is 4.45. The van der Waals surface area contributed by atoms with Crippen LogP contribution in [-0.2, 0) is 5.41 Å². The average Bonchev–Trinajstić information content (AvgIpc) is 3.00. The van der Waals surface area contributed by atoms with E-state index in [0.29, 0.717) is 29.1 Å². The number of nitrogens with one attached hydrogen (secondary N) is 1. The number of para-hydroxylation sites is 1. The minimum Gasteiger partial charge on any atom is -0.439 e. The van der Waals surface area contributed by atoms with Crippen LogP contribution in [0.4, 0.5) is 0 Å². The number of benzene rings is 1. The SMILES string of the molecule is CN1C2CCCC1CC(NC(=O)c1cccc3nc(C(C)(C)C)oc13)C2.Cl. The molecule has 4 rings (SSSR count). The maximum absolute atomic E-state index is 13.0. The molecule has 2 bridgehead atoms. The Morgan fingerprint density at radius 1 is 1.22 bits per heavy atom. The molecule has 6 heteroatoms. The zero-order chi connectivity index (χ0) is 18.5. The molecule has 0 aliphatic carbocycles. The maximum atomic E-state index is 13.0. The van der Waals surface area contributed by atoms with Gasteiger partial charge in [0.05, 0.1) is 5.56 Å². The van der Waals surface area contributed by atoms with Crippen LogP contribution in [0.1, 0.15) is 69.1 Å². The first kappa shape index (κ1) is 20.2. The van der Waals surface area contributed by atoms with E-state index in [4.69, 9.17) is 4.42 Å². The van der Waals surface area contributed by atoms with Crippen molar-refractivity contribution < 1.29 is 9.21 Å². The number of oxazole rings is 1. The quantitative estimate of drug-likeness (QED) is 0.829. The summed E-state index contributed by atoms with van der Waals surface area (Å²) in [7, 11) is 2.23. The molecule has 0 spiro atoms. The lowest BCUT2D eigenvalue weighted by molar-refractivity contribution is 0.0463. The summed E-state index contributed by atoms with van der Waals surface area (Å²) in [5, 5.41) is 3.27. The molecule has 2 unspecified atom stereocenters. The van der Waals surface area contributed by atoms with Crippen molar-refractivity contribution in [3.05, 3.63) is 29.7 Å². The van der Waals surface area contributed by atoms with Gasteiger partial charge in [0.1, 0.15) is 5.52 Å². The van der Waals surface area contributed by atoms with Crippen molar-refractivity contribution in [3.63, 3.8) is 0 Å². The first-order valence-electron chi connectivity index (χ1n) is 9.76. The van der Waals surface area contributed by atoms with Gasteiger partial charge in [-0.05, 0) is 44.9 Å². The minimum atomic E-state index is -0.182. The Balaban J connectivity index is 0.00000210. The fourth-order valence-corrected chi connectivity index (χ4v) is 4.45. The summed E-state index contributed by atoms with van der Waals surface area (Å²) in [5.74, 6) is 0.626. The van der Waals surface area contributed by atoms with E-state index in [9.17, 15) is 4.79 Å². The van der Waals surface area contributed by atoms with Gasteiger partial charge in [-0.25, -0.2) is 4.98 Å². The number of hydrogen-bond donors (Lipinski definition) is 1. The summed E-state index contributed by atoms with van der Waals surface area (Å²) in [4.78, 5) is 20.1. The largest absolute Gasteiger partial charge is 0.439 e. The summed E-state index contributed by atoms with van der Waals surface area (Å²) in [6.07, 6.45) is 5.88. The second kappa shape index (κ2) is 7.44. The average molecular weight is 392 g/mol. The molecular weight excluding hydrogens is 362 g/mol. The molecule has 1 aromatic carbocycles. The third-order valence-electron chi connectivity index (χ3n) is 5.98. The predicted octanol–water partition coefficient (Wildman–Crippen LogP) is 4.29. The number of carbonyl (C=O) groups excluding carboxylic acids is 1. The van der Waals surface area contributed by atoms with Crippen LogP contribution in [0.5, 0.6) is 0 Å². The van der Waals surface area contributed by atoms with Crippen molar-refractivity contribution >= 4 is 29.4 Å². The van der Waals surface area contributed by atoms with E-state index in [0.717, 1.165) is 18.4 Å². The van der Waals surface area contributed by atoms with Gasteiger partial charge in [0.25, 0.3) is 5.91 Å². The number of nitrogens with zero attached hydrogens (tertiary/aromatic N) is 2. The molecule has 2 atom stereocenters. The fraction of sp³-hybridized carbons (Fsp3) is 0.619. The number of rotatable bonds is 2. The van der Waals surface area contributed by atoms with Gasteiger partial charge < -0.3 is 14.6 Å². The highest BCUT2D eigenvalue weighted by Gasteiger charge is 2.36. The van der Waals surface area contributed by atoms with Crippen LogP contribution >= 0.6 is 12.4 Å². The van der Waals surface area contributed by atoms with Crippen LogP contribution in [0.2, 0.25) is 0 Å². The molecule has 0 radical (unpaired) electrons. The normalized spacial score (nSPS) is 25.9. The van der Waals surface area contributed by atoms with Gasteiger partial charge in [0.2, 0.25) is 5.89 Å². The first-order valence-corrected chi connectivity index (χ1v) is 9.76. The lowest BCUT2D eigenvalue weighted by Crippen LogP contribution is -2.55. The molecule has 1 aromatic heterocycles. The van der Waals surface area contributed by atoms with Crippen molar-refractivity contribution in [2.24, 2.45) is 0 Å². The second-order valence-electron chi connectivity index (χ2n) is 8.97. The van der Waals surface area contributed by atoms with Gasteiger partial charge in [-0.15, -0.1) is 12.4 Å². The number of amides is 1. The number of hydrogen-bond acceptors (Lipinski definition) is 4. The third-order valence-corrected chi connectivity index (χ3v) is 5.98. The van der Waals surface area contributed by atoms with Crippen LogP contribution in [0.15, 0.2) is 22.6 Å². The van der Waals surface area contributed by atoms with E-state index in [2.05, 4.69) is 43.0 Å². The molecule has 2 aliphatic heterocycles. The molecule has 1 N–H and O–H groups in total. The van der Waals surface area contributed by atoms with Crippen LogP contribution in [0, 0.1) is 0 Å². The van der Waals surface area contributed by atoms with Crippen molar-refractivity contribution in [2.45, 2.75) is 76.4 Å². The Morgan fingerprint density at radius 3 is 2.52 bits per heavy atom. The highest BCUT2D eigenvalue weighted by atomic mass is 35.5. The predicted molar refractivity (Wildman–Crippen MR) is 110 cm³/mol. The summed E-state index contributed by atoms with van der Waals surface area (Å²) in [6.45, 7) is 6.19. The van der Waals surface area contributed by atoms with Crippen molar-refractivity contribution in [2.75, 3.05) is 7.05 Å². The molecule has 1 amide bonds. The standard InChI is InChI=1S/C21H29N3O2.ClH/c1-21(2,3)20-23-17-10-6-9-16(18(17)26-20)19(25)22-13-11-14-7-5-8-15(12-13)24(14)4;/h6,9-10,13-15H,5,7-8,11-12H2,1-4H3,(H,22,25);1H. The summed E-state index contributed by atoms with van der Waals surface area (Å²) in [6, 6.07) is 7.07. The zero-order valence-corrected chi connectivity index (χ0v) is 17.4. The monoisotopic (exact) mass is 391 g/mol. The van der Waals surface area contributed by atoms with Gasteiger partial charge >= 0.3 is 0 Å². The molecule has 2 aliphatic rings. The van der Waals surface area contributed by atoms with E-state index < -0.39 is 0 Å². The van der Waals surface area contributed by atoms with E-state index in [-0.39, 0.29) is 29.8 Å². The van der Waals surface area contributed by atoms with E-state index in [1.165, 1.54) is 19.3 Å². The van der Waals surface area contributed by atoms with E-state index >= 15 is 0 Å². The Kier molecular flexibility index (Phi) is 5.55. The van der Waals surface area contributed by atoms with Gasteiger partial charge in [-0.2, -0.15) is 0 Å². The minimum absolute atomic E-state index is 0. The van der Waals surface area contributed by atoms with Crippen LogP contribution in [-0.4, -0.2) is 41.0 Å². The number of carbonyl (C=O) groups is 1. The Morgan fingerprint density at radius 2 is 1.89 bits per heavy atom. The molecule has 0 saturated carbocycles. The van der Waals surface area contributed by atoms with Crippen LogP contribution < -0.4 is 5.32 Å². The Labute approximate surface area is 167 Å². The van der Waals surface area contributed by atoms with E-state index in [1.54, 1.807) is 0 Å². The van der Waals surface area contributed by atoms with Crippen molar-refractivity contribution in [1.82, 2.24) is 15.2 Å². The summed E-state index contributed by atoms with van der Waals surface area (Å²) >= 11 is 0. The van der Waals surface area contributed by atoms with Crippen molar-refractivity contribution in [3.8, 4) is 0 Å². The zero-order valence-electron chi connectivity index (χ0n) is 16.6. The Bertz CT molecular complexity index is 812. The van der Waals surface area contributed by atoms with Gasteiger partial charge in [0, 0.05) is 23.5 Å². The third kappa shape index (κ3) is 3.85. The second-order valence-corrected chi connectivity index (χ2v) is 8.97. The molecule has 27 heavy (non-hydrogen) atoms. The van der Waals surface area contributed by atoms with Crippen LogP contribution in [0.25, 0.3) is 11.1 Å². The number of aromatic nitrogens is 1. The molecule has 2 saturated heterocycles. The summed E-state index contributed by atoms with van der Waals surface area (Å²) < 4.78 is 5.99. The molecule has 2 fully saturated rings. The maximum Gasteiger partial charge on any atom is 0.255 e. The highest BCUT2D eigenvalue weighted by Crippen LogP contribution is 2.33. The molecule has 3 heterocycles. The van der Waals surface area contributed by atoms with Crippen molar-refractivity contribution in [1.29, 1.82) is 0 Å². The number of fused-ring (bicyclic) bond motifs is 3. The molecule has 148 valence electrons. The molecule has 2 aromatic rings. The number of piperidine rings is 2. The lowest BCUT2D eigenvalue weighted by Gasteiger charge is -2.47. The smallest absolute Gasteiger partial charge is 0.255 e. The first-order chi connectivity index (χ1) is 12.3. The molecule has 5 nitrogen and oxygen atoms in total. The Hall–Kier alpha value is -1.59. The van der Waals surface area contributed by atoms with Gasteiger partial charge in [0.15, 0.2) is 5.58 Å². The highest BCUT2D eigenvalue weighted by molar-refractivity contribution is 6.04. The number of halogens is 1.